The van der Waals surface area contributed by atoms with Crippen molar-refractivity contribution in [3.63, 3.8) is 0 Å². The summed E-state index contributed by atoms with van der Waals surface area (Å²) in [5, 5.41) is 0. The van der Waals surface area contributed by atoms with Crippen LogP contribution in [0, 0.1) is 25.7 Å². The van der Waals surface area contributed by atoms with Crippen LogP contribution in [0.4, 0.5) is 4.79 Å². The van der Waals surface area contributed by atoms with Crippen molar-refractivity contribution in [3.8, 4) is 11.5 Å². The Hall–Kier alpha value is -3.89. The Morgan fingerprint density at radius 2 is 1.31 bits per heavy atom. The molecule has 8 aliphatic rings. The molecule has 10 rings (SSSR count). The lowest BCUT2D eigenvalue weighted by Crippen LogP contribution is -2.72. The fourth-order valence-electron chi connectivity index (χ4n) is 12.9. The number of carbonyl (C=O) groups excluding carboxylic acids is 3. The number of hydrogen-bond acceptors (Lipinski definition) is 8. The summed E-state index contributed by atoms with van der Waals surface area (Å²) >= 11 is 0. The summed E-state index contributed by atoms with van der Waals surface area (Å²) in [5.74, 6) is 3.08. The summed E-state index contributed by atoms with van der Waals surface area (Å²) in [6, 6.07) is 9.63. The van der Waals surface area contributed by atoms with E-state index in [1.807, 2.05) is 0 Å². The number of benzene rings is 2. The van der Waals surface area contributed by atoms with Gasteiger partial charge in [-0.3, -0.25) is 18.6 Å². The largest absolute Gasteiger partial charge is 0.512 e. The van der Waals surface area contributed by atoms with E-state index in [0.29, 0.717) is 50.4 Å². The zero-order valence-electron chi connectivity index (χ0n) is 32.8. The normalized spacial score (nSPS) is 38.1. The highest BCUT2D eigenvalue weighted by Crippen LogP contribution is 2.65. The van der Waals surface area contributed by atoms with Gasteiger partial charge in [0, 0.05) is 62.0 Å². The molecule has 4 heterocycles. The second-order valence-electron chi connectivity index (χ2n) is 18.2. The van der Waals surface area contributed by atoms with Crippen LogP contribution < -0.4 is 9.47 Å². The number of nitrogens with zero attached hydrogens (tertiary/aromatic N) is 2. The van der Waals surface area contributed by atoms with E-state index in [2.05, 4.69) is 58.8 Å². The van der Waals surface area contributed by atoms with Gasteiger partial charge in [-0.25, -0.2) is 4.79 Å². The van der Waals surface area contributed by atoms with Crippen LogP contribution in [0.5, 0.6) is 11.5 Å². The summed E-state index contributed by atoms with van der Waals surface area (Å²) in [4.78, 5) is 36.1. The first kappa shape index (κ1) is 35.8. The van der Waals surface area contributed by atoms with E-state index in [1.54, 1.807) is 6.92 Å². The molecule has 10 nitrogen and oxygen atoms in total. The minimum Gasteiger partial charge on any atom is -0.485 e. The molecule has 4 fully saturated rings. The van der Waals surface area contributed by atoms with E-state index in [4.69, 9.17) is 23.7 Å². The zero-order valence-corrected chi connectivity index (χ0v) is 32.8. The smallest absolute Gasteiger partial charge is 0.485 e. The molecule has 2 aromatic carbocycles. The highest BCUT2D eigenvalue weighted by Gasteiger charge is 2.70. The number of ether oxygens (including phenoxy) is 5. The number of likely N-dealkylation sites (tertiary alicyclic amines) is 2. The lowest BCUT2D eigenvalue weighted by molar-refractivity contribution is -0.959. The van der Waals surface area contributed by atoms with Crippen molar-refractivity contribution < 1.29 is 47.0 Å². The Labute approximate surface area is 318 Å². The molecule has 10 atom stereocenters. The van der Waals surface area contributed by atoms with Crippen LogP contribution in [0.25, 0.3) is 0 Å². The number of ketones is 1. The van der Waals surface area contributed by atoms with Gasteiger partial charge in [-0.2, -0.15) is 0 Å². The number of Topliss-reactive ketones (excluding diaryl/α,β-unsaturated/α-hetero) is 1. The van der Waals surface area contributed by atoms with Crippen molar-refractivity contribution in [2.75, 3.05) is 47.3 Å². The fraction of sp³-hybridized carbons (Fsp3) is 0.614. The second kappa shape index (κ2) is 12.3. The number of quaternary nitrogens is 2. The topological polar surface area (TPSA) is 97.4 Å². The van der Waals surface area contributed by atoms with Gasteiger partial charge >= 0.3 is 12.1 Å². The van der Waals surface area contributed by atoms with Gasteiger partial charge in [-0.05, 0) is 67.9 Å². The third kappa shape index (κ3) is 4.80. The van der Waals surface area contributed by atoms with Crippen LogP contribution in [0.1, 0.15) is 85.8 Å². The average molecular weight is 741 g/mol. The van der Waals surface area contributed by atoms with Crippen molar-refractivity contribution in [1.29, 1.82) is 0 Å². The van der Waals surface area contributed by atoms with Gasteiger partial charge in [-0.1, -0.05) is 30.8 Å². The van der Waals surface area contributed by atoms with Crippen molar-refractivity contribution in [2.24, 2.45) is 11.8 Å². The maximum Gasteiger partial charge on any atom is 0.512 e. The number of esters is 1. The van der Waals surface area contributed by atoms with Gasteiger partial charge in [-0.15, -0.1) is 0 Å². The standard InChI is InChI=1S/C23H30NO4.C21H26NO4/c1-5-26-22(25)27-13-24(4)11-10-23-17-9-7-15(3)21(23)28-20-14(2)6-8-16(19(20)23)12-18(17)24;1-12-4-5-14-10-16-15-6-7-17(24)20-21(15,18(14)19(12)26-20)8-9-22(16,3)11-25-13(2)23/h6,8,17-18,21H,3,5,7,9-13H2,1-2,4H3;4-5,15-16,20H,6-11H2,1-3H3/q2*+1/t17-,18?,21-,23-,24+;15-,16?,20-,21-,22-/m00/s1. The Morgan fingerprint density at radius 3 is 1.87 bits per heavy atom. The molecule has 288 valence electrons. The minimum absolute atomic E-state index is 0.0522. The first-order chi connectivity index (χ1) is 25.8. The number of aryl methyl sites for hydroxylation is 2. The van der Waals surface area contributed by atoms with E-state index in [1.165, 1.54) is 40.3 Å². The van der Waals surface area contributed by atoms with E-state index >= 15 is 0 Å². The quantitative estimate of drug-likeness (QED) is 0.205. The van der Waals surface area contributed by atoms with E-state index in [9.17, 15) is 14.4 Å². The van der Waals surface area contributed by atoms with Crippen LogP contribution >= 0.6 is 0 Å². The summed E-state index contributed by atoms with van der Waals surface area (Å²) in [5.41, 5.74) is 9.06. The highest BCUT2D eigenvalue weighted by molar-refractivity contribution is 5.89. The SMILES string of the molecule is C=C1CC[C@H]2C3Cc4ccc(C)c5c4[C@@]2(CC[N@+]3(C)COC(=O)OCC)[C@H]1O5.CC(=O)OC[N@+]1(C)CC[C@]23c4c5ccc(C)c4O[C@H]2C(=O)CC[C@H]3C1C5. The van der Waals surface area contributed by atoms with Gasteiger partial charge in [0.2, 0.25) is 13.5 Å². The number of rotatable bonds is 5. The van der Waals surface area contributed by atoms with Crippen molar-refractivity contribution in [2.45, 2.75) is 114 Å². The third-order valence-corrected chi connectivity index (χ3v) is 15.4. The molecule has 0 N–H and O–H groups in total. The molecule has 2 unspecified atom stereocenters. The molecule has 2 saturated carbocycles. The number of likely N-dealkylation sites (N-methyl/N-ethyl adjacent to an activating group) is 2. The van der Waals surface area contributed by atoms with Gasteiger partial charge in [0.05, 0.1) is 56.7 Å². The van der Waals surface area contributed by atoms with Crippen LogP contribution in [-0.2, 0) is 47.5 Å². The predicted molar refractivity (Wildman–Crippen MR) is 200 cm³/mol. The highest BCUT2D eigenvalue weighted by atomic mass is 16.7. The molecule has 0 radical (unpaired) electrons. The number of piperidine rings is 2. The van der Waals surface area contributed by atoms with E-state index in [-0.39, 0.29) is 34.8 Å². The third-order valence-electron chi connectivity index (χ3n) is 15.4. The van der Waals surface area contributed by atoms with Gasteiger partial charge in [0.1, 0.15) is 17.6 Å². The van der Waals surface area contributed by atoms with Gasteiger partial charge in [0.25, 0.3) is 0 Å². The Morgan fingerprint density at radius 1 is 0.796 bits per heavy atom. The van der Waals surface area contributed by atoms with E-state index < -0.39 is 6.16 Å². The van der Waals surface area contributed by atoms with E-state index in [0.717, 1.165) is 84.1 Å². The summed E-state index contributed by atoms with van der Waals surface area (Å²) in [7, 11) is 4.45. The lowest BCUT2D eigenvalue weighted by Gasteiger charge is -2.60. The molecule has 4 bridgehead atoms. The average Bonchev–Trinajstić information content (AvgIpc) is 3.70. The second-order valence-corrected chi connectivity index (χ2v) is 18.2. The zero-order chi connectivity index (χ0) is 37.9. The Balaban J connectivity index is 0.000000143. The summed E-state index contributed by atoms with van der Waals surface area (Å²) in [6.07, 6.45) is 6.86. The van der Waals surface area contributed by atoms with Crippen LogP contribution in [0.2, 0.25) is 0 Å². The fourth-order valence-corrected chi connectivity index (χ4v) is 12.9. The molecule has 10 heteroatoms. The lowest BCUT2D eigenvalue weighted by atomic mass is 9.50. The van der Waals surface area contributed by atoms with Crippen LogP contribution in [0.15, 0.2) is 36.4 Å². The molecule has 2 saturated heterocycles. The molecule has 4 aliphatic carbocycles. The van der Waals surface area contributed by atoms with Crippen LogP contribution in [0.3, 0.4) is 0 Å². The Kier molecular flexibility index (Phi) is 8.16. The van der Waals surface area contributed by atoms with Crippen LogP contribution in [-0.4, -0.2) is 98.4 Å². The molecule has 0 amide bonds. The van der Waals surface area contributed by atoms with Crippen molar-refractivity contribution >= 4 is 17.9 Å². The first-order valence-electron chi connectivity index (χ1n) is 20.2. The van der Waals surface area contributed by atoms with Gasteiger partial charge < -0.3 is 23.7 Å². The Bertz CT molecular complexity index is 1980. The molecule has 2 spiro atoms. The van der Waals surface area contributed by atoms with Crippen molar-refractivity contribution in [1.82, 2.24) is 0 Å². The van der Waals surface area contributed by atoms with Gasteiger partial charge in [0.15, 0.2) is 11.9 Å². The summed E-state index contributed by atoms with van der Waals surface area (Å²) < 4.78 is 30.4. The first-order valence-corrected chi connectivity index (χ1v) is 20.2. The number of carbonyl (C=O) groups is 3. The molecule has 0 aromatic heterocycles. The summed E-state index contributed by atoms with van der Waals surface area (Å²) in [6.45, 7) is 14.9. The molecule has 54 heavy (non-hydrogen) atoms. The minimum atomic E-state index is -0.560. The molecule has 4 aliphatic heterocycles. The molecule has 2 aromatic rings. The predicted octanol–water partition coefficient (Wildman–Crippen LogP) is 6.13. The maximum atomic E-state index is 12.8. The molecular weight excluding hydrogens is 684 g/mol. The monoisotopic (exact) mass is 740 g/mol. The number of hydrogen-bond donors (Lipinski definition) is 0. The molecular formula is C44H56N2O8+2. The maximum absolute atomic E-state index is 12.8. The van der Waals surface area contributed by atoms with Crippen molar-refractivity contribution in [3.05, 3.63) is 69.8 Å².